The van der Waals surface area contributed by atoms with E-state index in [1.165, 1.54) is 18.4 Å². The number of carbonyl (C=O) groups is 1. The van der Waals surface area contributed by atoms with E-state index in [1.807, 2.05) is 19.2 Å². The maximum Gasteiger partial charge on any atom is 0.258 e. The van der Waals surface area contributed by atoms with Crippen LogP contribution in [0.5, 0.6) is 5.75 Å². The number of aliphatic imine (C=N–C) groups is 1. The normalized spacial score (nSPS) is 17.6. The number of halogens is 1. The summed E-state index contributed by atoms with van der Waals surface area (Å²) >= 11 is 0. The molecule has 2 aliphatic rings. The Kier molecular flexibility index (Phi) is 9.34. The Balaban J connectivity index is 0.00000280. The van der Waals surface area contributed by atoms with Gasteiger partial charge in [0.2, 0.25) is 0 Å². The molecule has 3 rings (SSSR count). The molecule has 28 heavy (non-hydrogen) atoms. The molecule has 1 aliphatic heterocycles. The number of ether oxygens (including phenoxy) is 1. The van der Waals surface area contributed by atoms with Gasteiger partial charge in [-0.25, -0.2) is 0 Å². The van der Waals surface area contributed by atoms with Crippen LogP contribution in [0, 0.1) is 5.92 Å². The first-order valence-electron chi connectivity index (χ1n) is 10.1. The molecule has 2 fully saturated rings. The second kappa shape index (κ2) is 11.5. The monoisotopic (exact) mass is 500 g/mol. The Bertz CT molecular complexity index is 638. The fourth-order valence-corrected chi connectivity index (χ4v) is 3.27. The van der Waals surface area contributed by atoms with Crippen LogP contribution in [0.1, 0.15) is 38.2 Å². The van der Waals surface area contributed by atoms with Crippen LogP contribution in [-0.2, 0) is 11.2 Å². The molecule has 2 N–H and O–H groups in total. The number of nitrogens with one attached hydrogen (secondary N) is 2. The standard InChI is InChI=1S/C21H32N4O2.HI/c1-16-10-13-25(14-11-16)21(22-2)23-12-9-17-3-7-19(8-4-17)27-15-20(26)24-18-5-6-18;/h3-4,7-8,16,18H,5-6,9-15H2,1-2H3,(H,22,23)(H,24,26);1H. The largest absolute Gasteiger partial charge is 0.484 e. The lowest BCUT2D eigenvalue weighted by Crippen LogP contribution is -2.45. The van der Waals surface area contributed by atoms with E-state index in [4.69, 9.17) is 4.74 Å². The number of rotatable bonds is 7. The van der Waals surface area contributed by atoms with Crippen molar-refractivity contribution >= 4 is 35.8 Å². The highest BCUT2D eigenvalue weighted by Gasteiger charge is 2.23. The highest BCUT2D eigenvalue weighted by atomic mass is 127. The molecule has 0 atom stereocenters. The Hall–Kier alpha value is -1.51. The van der Waals surface area contributed by atoms with Crippen molar-refractivity contribution in [2.75, 3.05) is 33.3 Å². The molecule has 1 amide bonds. The van der Waals surface area contributed by atoms with Crippen LogP contribution < -0.4 is 15.4 Å². The average molecular weight is 500 g/mol. The number of piperidine rings is 1. The summed E-state index contributed by atoms with van der Waals surface area (Å²) in [5.74, 6) is 2.52. The quantitative estimate of drug-likeness (QED) is 0.344. The van der Waals surface area contributed by atoms with E-state index in [9.17, 15) is 4.79 Å². The Morgan fingerprint density at radius 1 is 1.18 bits per heavy atom. The third-order valence-electron chi connectivity index (χ3n) is 5.23. The lowest BCUT2D eigenvalue weighted by Gasteiger charge is -2.32. The number of carbonyl (C=O) groups excluding carboxylic acids is 1. The zero-order chi connectivity index (χ0) is 19.1. The van der Waals surface area contributed by atoms with E-state index in [0.717, 1.165) is 56.5 Å². The minimum absolute atomic E-state index is 0. The van der Waals surface area contributed by atoms with Crippen LogP contribution in [0.15, 0.2) is 29.3 Å². The molecule has 0 spiro atoms. The van der Waals surface area contributed by atoms with Crippen molar-refractivity contribution in [1.29, 1.82) is 0 Å². The number of benzene rings is 1. The van der Waals surface area contributed by atoms with Crippen molar-refractivity contribution in [3.63, 3.8) is 0 Å². The predicted molar refractivity (Wildman–Crippen MR) is 124 cm³/mol. The van der Waals surface area contributed by atoms with Crippen LogP contribution in [-0.4, -0.2) is 56.1 Å². The van der Waals surface area contributed by atoms with Crippen LogP contribution >= 0.6 is 24.0 Å². The molecule has 156 valence electrons. The topological polar surface area (TPSA) is 66.0 Å². The van der Waals surface area contributed by atoms with Crippen molar-refractivity contribution in [3.8, 4) is 5.75 Å². The van der Waals surface area contributed by atoms with Crippen molar-refractivity contribution < 1.29 is 9.53 Å². The molecular formula is C21H33IN4O2. The molecular weight excluding hydrogens is 467 g/mol. The van der Waals surface area contributed by atoms with Gasteiger partial charge in [0.1, 0.15) is 5.75 Å². The predicted octanol–water partition coefficient (Wildman–Crippen LogP) is 2.81. The number of amides is 1. The summed E-state index contributed by atoms with van der Waals surface area (Å²) in [6, 6.07) is 8.35. The zero-order valence-electron chi connectivity index (χ0n) is 16.9. The summed E-state index contributed by atoms with van der Waals surface area (Å²) in [4.78, 5) is 18.4. The van der Waals surface area contributed by atoms with E-state index < -0.39 is 0 Å². The van der Waals surface area contributed by atoms with E-state index in [-0.39, 0.29) is 36.5 Å². The maximum absolute atomic E-state index is 11.7. The van der Waals surface area contributed by atoms with Gasteiger partial charge in [0, 0.05) is 32.7 Å². The minimum atomic E-state index is -0.0377. The molecule has 1 aromatic rings. The zero-order valence-corrected chi connectivity index (χ0v) is 19.3. The third kappa shape index (κ3) is 7.48. The molecule has 1 heterocycles. The second-order valence-electron chi connectivity index (χ2n) is 7.67. The van der Waals surface area contributed by atoms with Crippen molar-refractivity contribution in [2.24, 2.45) is 10.9 Å². The molecule has 0 radical (unpaired) electrons. The van der Waals surface area contributed by atoms with E-state index >= 15 is 0 Å². The summed E-state index contributed by atoms with van der Waals surface area (Å²) in [7, 11) is 1.85. The molecule has 7 heteroatoms. The van der Waals surface area contributed by atoms with Gasteiger partial charge in [-0.05, 0) is 55.7 Å². The summed E-state index contributed by atoms with van der Waals surface area (Å²) < 4.78 is 5.55. The van der Waals surface area contributed by atoms with Gasteiger partial charge >= 0.3 is 0 Å². The molecule has 1 aromatic carbocycles. The van der Waals surface area contributed by atoms with Gasteiger partial charge in [-0.3, -0.25) is 9.79 Å². The molecule has 0 unspecified atom stereocenters. The highest BCUT2D eigenvalue weighted by Crippen LogP contribution is 2.19. The number of nitrogens with zero attached hydrogens (tertiary/aromatic N) is 2. The van der Waals surface area contributed by atoms with Gasteiger partial charge < -0.3 is 20.3 Å². The summed E-state index contributed by atoms with van der Waals surface area (Å²) in [6.07, 6.45) is 5.58. The summed E-state index contributed by atoms with van der Waals surface area (Å²) in [6.45, 7) is 5.42. The lowest BCUT2D eigenvalue weighted by molar-refractivity contribution is -0.123. The SMILES string of the molecule is CN=C(NCCc1ccc(OCC(=O)NC2CC2)cc1)N1CCC(C)CC1.I. The van der Waals surface area contributed by atoms with E-state index in [0.29, 0.717) is 6.04 Å². The Labute approximate surface area is 185 Å². The lowest BCUT2D eigenvalue weighted by atomic mass is 10.00. The van der Waals surface area contributed by atoms with Crippen molar-refractivity contribution in [2.45, 2.75) is 45.1 Å². The first-order valence-corrected chi connectivity index (χ1v) is 10.1. The van der Waals surface area contributed by atoms with E-state index in [2.05, 4.69) is 39.6 Å². The van der Waals surface area contributed by atoms with E-state index in [1.54, 1.807) is 0 Å². The Morgan fingerprint density at radius 3 is 2.46 bits per heavy atom. The highest BCUT2D eigenvalue weighted by molar-refractivity contribution is 14.0. The fourth-order valence-electron chi connectivity index (χ4n) is 3.27. The molecule has 0 bridgehead atoms. The molecule has 1 saturated carbocycles. The number of hydrogen-bond acceptors (Lipinski definition) is 3. The molecule has 1 aliphatic carbocycles. The minimum Gasteiger partial charge on any atom is -0.484 e. The van der Waals surface area contributed by atoms with Crippen LogP contribution in [0.25, 0.3) is 0 Å². The summed E-state index contributed by atoms with van der Waals surface area (Å²) in [5.41, 5.74) is 1.24. The fraction of sp³-hybridized carbons (Fsp3) is 0.619. The van der Waals surface area contributed by atoms with Crippen LogP contribution in [0.4, 0.5) is 0 Å². The van der Waals surface area contributed by atoms with Crippen molar-refractivity contribution in [3.05, 3.63) is 29.8 Å². The summed E-state index contributed by atoms with van der Waals surface area (Å²) in [5, 5.41) is 6.39. The van der Waals surface area contributed by atoms with Crippen molar-refractivity contribution in [1.82, 2.24) is 15.5 Å². The maximum atomic E-state index is 11.7. The van der Waals surface area contributed by atoms with Crippen LogP contribution in [0.3, 0.4) is 0 Å². The van der Waals surface area contributed by atoms with Gasteiger partial charge in [-0.1, -0.05) is 19.1 Å². The van der Waals surface area contributed by atoms with Gasteiger partial charge in [-0.2, -0.15) is 0 Å². The van der Waals surface area contributed by atoms with Gasteiger partial charge in [0.25, 0.3) is 5.91 Å². The number of hydrogen-bond donors (Lipinski definition) is 2. The molecule has 1 saturated heterocycles. The average Bonchev–Trinajstić information content (AvgIpc) is 3.49. The Morgan fingerprint density at radius 2 is 1.86 bits per heavy atom. The third-order valence-corrected chi connectivity index (χ3v) is 5.23. The van der Waals surface area contributed by atoms with Gasteiger partial charge in [-0.15, -0.1) is 24.0 Å². The molecule has 6 nitrogen and oxygen atoms in total. The van der Waals surface area contributed by atoms with Gasteiger partial charge in [0.15, 0.2) is 12.6 Å². The molecule has 0 aromatic heterocycles. The smallest absolute Gasteiger partial charge is 0.258 e. The first-order chi connectivity index (χ1) is 13.1. The number of guanidine groups is 1. The van der Waals surface area contributed by atoms with Crippen LogP contribution in [0.2, 0.25) is 0 Å². The van der Waals surface area contributed by atoms with Gasteiger partial charge in [0.05, 0.1) is 0 Å². The second-order valence-corrected chi connectivity index (χ2v) is 7.67. The first kappa shape index (κ1) is 22.8. The number of likely N-dealkylation sites (tertiary alicyclic amines) is 1.